The van der Waals surface area contributed by atoms with E-state index < -0.39 is 29.2 Å². The zero-order chi connectivity index (χ0) is 26.3. The fourth-order valence-electron chi connectivity index (χ4n) is 4.30. The number of nitriles is 1. The van der Waals surface area contributed by atoms with Crippen LogP contribution >= 0.6 is 0 Å². The first-order valence-electron chi connectivity index (χ1n) is 12.1. The Kier molecular flexibility index (Phi) is 8.30. The summed E-state index contributed by atoms with van der Waals surface area (Å²) in [6.45, 7) is 5.30. The quantitative estimate of drug-likeness (QED) is 0.539. The number of pyridine rings is 1. The molecule has 1 aromatic carbocycles. The van der Waals surface area contributed by atoms with E-state index in [0.717, 1.165) is 36.0 Å². The molecule has 4 N–H and O–H groups in total. The fourth-order valence-corrected chi connectivity index (χ4v) is 4.30. The van der Waals surface area contributed by atoms with E-state index in [1.54, 1.807) is 32.9 Å². The molecule has 9 nitrogen and oxygen atoms in total. The molecule has 1 aromatic heterocycles. The molecule has 0 saturated heterocycles. The standard InChI is InChI=1S/C27H33N5O4/c1-26(2,3)36-25(35)32-27(12-5-4-6-13-27)24(34)31-21(17-28)15-18-7-9-19(10-8-18)20-11-14-30-22(16-20)23(29)33/h7-11,14,16,21H,4-6,12-13,15H2,1-3H3,(H2,29,33)(H,31,34)(H,32,35). The molecule has 190 valence electrons. The Morgan fingerprint density at radius 3 is 2.36 bits per heavy atom. The molecule has 1 fully saturated rings. The molecule has 1 atom stereocenters. The van der Waals surface area contributed by atoms with Crippen LogP contribution in [0.15, 0.2) is 42.6 Å². The Morgan fingerprint density at radius 1 is 1.11 bits per heavy atom. The zero-order valence-corrected chi connectivity index (χ0v) is 21.0. The molecule has 1 unspecified atom stereocenters. The molecule has 2 aromatic rings. The molecule has 3 rings (SSSR count). The minimum atomic E-state index is -1.10. The second kappa shape index (κ2) is 11.2. The van der Waals surface area contributed by atoms with Crippen LogP contribution < -0.4 is 16.4 Å². The minimum absolute atomic E-state index is 0.181. The molecule has 0 radical (unpaired) electrons. The molecule has 0 spiro atoms. The van der Waals surface area contributed by atoms with E-state index in [9.17, 15) is 19.6 Å². The Morgan fingerprint density at radius 2 is 1.78 bits per heavy atom. The van der Waals surface area contributed by atoms with Gasteiger partial charge in [-0.25, -0.2) is 4.79 Å². The maximum Gasteiger partial charge on any atom is 0.408 e. The molecule has 3 amide bonds. The van der Waals surface area contributed by atoms with Gasteiger partial charge in [-0.2, -0.15) is 5.26 Å². The lowest BCUT2D eigenvalue weighted by Gasteiger charge is -2.37. The lowest BCUT2D eigenvalue weighted by Crippen LogP contribution is -2.61. The highest BCUT2D eigenvalue weighted by Crippen LogP contribution is 2.29. The average Bonchev–Trinajstić information content (AvgIpc) is 2.83. The van der Waals surface area contributed by atoms with Crippen LogP contribution in [0, 0.1) is 11.3 Å². The van der Waals surface area contributed by atoms with Crippen LogP contribution in [0.5, 0.6) is 0 Å². The van der Waals surface area contributed by atoms with Crippen molar-refractivity contribution in [2.24, 2.45) is 5.73 Å². The highest BCUT2D eigenvalue weighted by Gasteiger charge is 2.42. The Balaban J connectivity index is 1.69. The SMILES string of the molecule is CC(C)(C)OC(=O)NC1(C(=O)NC(C#N)Cc2ccc(-c3ccnc(C(N)=O)c3)cc2)CCCCC1. The molecule has 0 aliphatic heterocycles. The van der Waals surface area contributed by atoms with E-state index in [4.69, 9.17) is 10.5 Å². The molecule has 36 heavy (non-hydrogen) atoms. The van der Waals surface area contributed by atoms with Crippen LogP contribution in [0.25, 0.3) is 11.1 Å². The van der Waals surface area contributed by atoms with Gasteiger partial charge < -0.3 is 21.1 Å². The summed E-state index contributed by atoms with van der Waals surface area (Å²) >= 11 is 0. The summed E-state index contributed by atoms with van der Waals surface area (Å²) in [6.07, 6.45) is 4.75. The second-order valence-corrected chi connectivity index (χ2v) is 10.1. The van der Waals surface area contributed by atoms with Crippen molar-refractivity contribution >= 4 is 17.9 Å². The summed E-state index contributed by atoms with van der Waals surface area (Å²) in [5.74, 6) is -0.968. The molecular formula is C27H33N5O4. The van der Waals surface area contributed by atoms with Gasteiger partial charge in [0.15, 0.2) is 0 Å². The second-order valence-electron chi connectivity index (χ2n) is 10.1. The Labute approximate surface area is 211 Å². The molecule has 1 aliphatic rings. The third-order valence-corrected chi connectivity index (χ3v) is 6.08. The summed E-state index contributed by atoms with van der Waals surface area (Å²) in [4.78, 5) is 41.2. The number of nitrogens with two attached hydrogens (primary N) is 1. The van der Waals surface area contributed by atoms with Crippen molar-refractivity contribution in [1.29, 1.82) is 5.26 Å². The van der Waals surface area contributed by atoms with Crippen molar-refractivity contribution in [2.75, 3.05) is 0 Å². The van der Waals surface area contributed by atoms with Gasteiger partial charge in [-0.15, -0.1) is 0 Å². The van der Waals surface area contributed by atoms with Crippen LogP contribution in [0.2, 0.25) is 0 Å². The van der Waals surface area contributed by atoms with Gasteiger partial charge in [0.25, 0.3) is 5.91 Å². The topological polar surface area (TPSA) is 147 Å². The fraction of sp³-hybridized carbons (Fsp3) is 0.444. The number of carbonyl (C=O) groups is 3. The van der Waals surface area contributed by atoms with Gasteiger partial charge in [-0.3, -0.25) is 14.6 Å². The highest BCUT2D eigenvalue weighted by molar-refractivity contribution is 5.92. The van der Waals surface area contributed by atoms with Crippen molar-refractivity contribution in [3.05, 3.63) is 53.9 Å². The molecule has 1 aliphatic carbocycles. The third kappa shape index (κ3) is 7.04. The van der Waals surface area contributed by atoms with E-state index in [1.165, 1.54) is 6.20 Å². The number of alkyl carbamates (subject to hydrolysis) is 1. The predicted molar refractivity (Wildman–Crippen MR) is 135 cm³/mol. The first-order valence-corrected chi connectivity index (χ1v) is 12.1. The van der Waals surface area contributed by atoms with Gasteiger partial charge in [0, 0.05) is 12.6 Å². The summed E-state index contributed by atoms with van der Waals surface area (Å²) < 4.78 is 5.39. The first-order chi connectivity index (χ1) is 17.0. The predicted octanol–water partition coefficient (Wildman–Crippen LogP) is 3.63. The third-order valence-electron chi connectivity index (χ3n) is 6.08. The lowest BCUT2D eigenvalue weighted by atomic mass is 9.80. The number of benzene rings is 1. The van der Waals surface area contributed by atoms with Gasteiger partial charge in [-0.1, -0.05) is 43.5 Å². The zero-order valence-electron chi connectivity index (χ0n) is 21.0. The van der Waals surface area contributed by atoms with E-state index in [2.05, 4.69) is 21.7 Å². The van der Waals surface area contributed by atoms with E-state index in [-0.39, 0.29) is 11.6 Å². The first kappa shape index (κ1) is 26.7. The molecule has 1 saturated carbocycles. The maximum atomic E-state index is 13.3. The van der Waals surface area contributed by atoms with E-state index in [1.807, 2.05) is 24.3 Å². The average molecular weight is 492 g/mol. The summed E-state index contributed by atoms with van der Waals surface area (Å²) in [5, 5.41) is 15.4. The van der Waals surface area contributed by atoms with Crippen molar-refractivity contribution in [2.45, 2.75) is 76.5 Å². The normalized spacial score (nSPS) is 15.7. The molecule has 9 heteroatoms. The Hall–Kier alpha value is -3.93. The number of rotatable bonds is 7. The number of nitrogens with zero attached hydrogens (tertiary/aromatic N) is 2. The van der Waals surface area contributed by atoms with Crippen LogP contribution in [-0.4, -0.2) is 40.1 Å². The van der Waals surface area contributed by atoms with Crippen molar-refractivity contribution < 1.29 is 19.1 Å². The van der Waals surface area contributed by atoms with Gasteiger partial charge in [-0.05, 0) is 62.4 Å². The largest absolute Gasteiger partial charge is 0.444 e. The number of ether oxygens (including phenoxy) is 1. The van der Waals surface area contributed by atoms with Crippen LogP contribution in [0.1, 0.15) is 68.9 Å². The number of aromatic nitrogens is 1. The van der Waals surface area contributed by atoms with E-state index in [0.29, 0.717) is 19.3 Å². The molecule has 1 heterocycles. The number of nitrogens with one attached hydrogen (secondary N) is 2. The van der Waals surface area contributed by atoms with Gasteiger partial charge in [0.05, 0.1) is 6.07 Å². The lowest BCUT2D eigenvalue weighted by molar-refractivity contribution is -0.129. The minimum Gasteiger partial charge on any atom is -0.444 e. The van der Waals surface area contributed by atoms with Crippen LogP contribution in [0.3, 0.4) is 0 Å². The number of hydrogen-bond donors (Lipinski definition) is 3. The molecule has 0 bridgehead atoms. The highest BCUT2D eigenvalue weighted by atomic mass is 16.6. The summed E-state index contributed by atoms with van der Waals surface area (Å²) in [5.41, 5.74) is 6.23. The van der Waals surface area contributed by atoms with Gasteiger partial charge >= 0.3 is 6.09 Å². The van der Waals surface area contributed by atoms with Gasteiger partial charge in [0.2, 0.25) is 5.91 Å². The Bertz CT molecular complexity index is 1140. The van der Waals surface area contributed by atoms with Gasteiger partial charge in [0.1, 0.15) is 22.9 Å². The van der Waals surface area contributed by atoms with E-state index >= 15 is 0 Å². The summed E-state index contributed by atoms with van der Waals surface area (Å²) in [6, 6.07) is 12.3. The van der Waals surface area contributed by atoms with Crippen LogP contribution in [0.4, 0.5) is 4.79 Å². The number of hydrogen-bond acceptors (Lipinski definition) is 6. The van der Waals surface area contributed by atoms with Crippen molar-refractivity contribution in [1.82, 2.24) is 15.6 Å². The number of primary amides is 1. The van der Waals surface area contributed by atoms with Crippen molar-refractivity contribution in [3.8, 4) is 17.2 Å². The number of carbonyl (C=O) groups excluding carboxylic acids is 3. The van der Waals surface area contributed by atoms with Crippen LogP contribution in [-0.2, 0) is 16.0 Å². The smallest absolute Gasteiger partial charge is 0.408 e. The number of amides is 3. The van der Waals surface area contributed by atoms with Crippen molar-refractivity contribution in [3.63, 3.8) is 0 Å². The molecular weight excluding hydrogens is 458 g/mol. The maximum absolute atomic E-state index is 13.3. The summed E-state index contributed by atoms with van der Waals surface area (Å²) in [7, 11) is 0. The monoisotopic (exact) mass is 491 g/mol.